The van der Waals surface area contributed by atoms with Crippen molar-refractivity contribution in [1.29, 1.82) is 5.26 Å². The van der Waals surface area contributed by atoms with Crippen molar-refractivity contribution in [3.63, 3.8) is 0 Å². The lowest BCUT2D eigenvalue weighted by Crippen LogP contribution is -2.45. The van der Waals surface area contributed by atoms with Gasteiger partial charge in [0.15, 0.2) is 5.16 Å². The average molecular weight is 479 g/mol. The number of nitriles is 1. The van der Waals surface area contributed by atoms with Crippen LogP contribution in [0.25, 0.3) is 15.9 Å². The smallest absolute Gasteiger partial charge is 0.267 e. The van der Waals surface area contributed by atoms with E-state index in [-0.39, 0.29) is 17.2 Å². The van der Waals surface area contributed by atoms with E-state index in [1.165, 1.54) is 16.6 Å². The molecule has 0 aliphatic heterocycles. The Morgan fingerprint density at radius 1 is 1.21 bits per heavy atom. The maximum Gasteiger partial charge on any atom is 0.267 e. The highest BCUT2D eigenvalue weighted by Gasteiger charge is 2.35. The van der Waals surface area contributed by atoms with Crippen molar-refractivity contribution in [1.82, 2.24) is 14.9 Å². The molecule has 1 aromatic carbocycles. The molecule has 3 aromatic rings. The molecule has 2 aliphatic carbocycles. The number of benzene rings is 1. The highest BCUT2D eigenvalue weighted by molar-refractivity contribution is 7.99. The van der Waals surface area contributed by atoms with Gasteiger partial charge in [0.25, 0.3) is 5.56 Å². The molecule has 1 saturated carbocycles. The first-order valence-corrected chi connectivity index (χ1v) is 13.3. The summed E-state index contributed by atoms with van der Waals surface area (Å²) in [5.41, 5.74) is 2.21. The van der Waals surface area contributed by atoms with Crippen molar-refractivity contribution in [3.8, 4) is 11.8 Å². The van der Waals surface area contributed by atoms with E-state index in [1.54, 1.807) is 15.9 Å². The molecule has 0 radical (unpaired) electrons. The van der Waals surface area contributed by atoms with Crippen LogP contribution in [0.1, 0.15) is 54.5 Å². The summed E-state index contributed by atoms with van der Waals surface area (Å²) < 4.78 is 1.65. The summed E-state index contributed by atoms with van der Waals surface area (Å²) in [5.74, 6) is -0.0862. The zero-order valence-corrected chi connectivity index (χ0v) is 20.3. The maximum absolute atomic E-state index is 13.8. The van der Waals surface area contributed by atoms with E-state index >= 15 is 0 Å². The maximum atomic E-state index is 13.8. The van der Waals surface area contributed by atoms with Gasteiger partial charge in [-0.15, -0.1) is 11.3 Å². The van der Waals surface area contributed by atoms with Gasteiger partial charge in [0.2, 0.25) is 5.91 Å². The number of thioether (sulfide) groups is 1. The second kappa shape index (κ2) is 8.96. The molecule has 0 saturated heterocycles. The van der Waals surface area contributed by atoms with Gasteiger partial charge in [-0.05, 0) is 76.0 Å². The normalized spacial score (nSPS) is 17.0. The van der Waals surface area contributed by atoms with Gasteiger partial charge in [-0.25, -0.2) is 4.98 Å². The van der Waals surface area contributed by atoms with Crippen LogP contribution in [0.5, 0.6) is 0 Å². The average Bonchev–Trinajstić information content (AvgIpc) is 3.43. The highest BCUT2D eigenvalue weighted by atomic mass is 32.2. The number of fused-ring (bicyclic) bond motifs is 3. The number of carbonyl (C=O) groups is 1. The summed E-state index contributed by atoms with van der Waals surface area (Å²) in [6.45, 7) is 2.01. The largest absolute Gasteiger partial charge is 0.337 e. The van der Waals surface area contributed by atoms with Gasteiger partial charge >= 0.3 is 0 Å². The Balaban J connectivity index is 1.52. The second-order valence-corrected chi connectivity index (χ2v) is 11.0. The van der Waals surface area contributed by atoms with Gasteiger partial charge in [0, 0.05) is 4.88 Å². The van der Waals surface area contributed by atoms with E-state index in [0.717, 1.165) is 65.6 Å². The van der Waals surface area contributed by atoms with Gasteiger partial charge < -0.3 is 5.32 Å². The third-order valence-corrected chi connectivity index (χ3v) is 8.76. The molecule has 6 nitrogen and oxygen atoms in total. The fraction of sp³-hybridized carbons (Fsp3) is 0.440. The van der Waals surface area contributed by atoms with Crippen LogP contribution in [-0.4, -0.2) is 26.8 Å². The van der Waals surface area contributed by atoms with Gasteiger partial charge in [-0.3, -0.25) is 14.2 Å². The molecular formula is C25H26N4O2S2. The molecule has 8 heteroatoms. The zero-order valence-electron chi connectivity index (χ0n) is 18.6. The molecule has 2 aliphatic rings. The molecule has 2 aromatic heterocycles. The van der Waals surface area contributed by atoms with Crippen molar-refractivity contribution >= 4 is 39.2 Å². The molecule has 170 valence electrons. The number of amides is 1. The fourth-order valence-electron chi connectivity index (χ4n) is 4.88. The summed E-state index contributed by atoms with van der Waals surface area (Å²) >= 11 is 2.88. The number of hydrogen-bond donors (Lipinski definition) is 1. The fourth-order valence-corrected chi connectivity index (χ4v) is 7.00. The van der Waals surface area contributed by atoms with Gasteiger partial charge in [0.05, 0.1) is 22.9 Å². The molecule has 0 bridgehead atoms. The Kier molecular flexibility index (Phi) is 6.02. The van der Waals surface area contributed by atoms with E-state index in [4.69, 9.17) is 4.98 Å². The summed E-state index contributed by atoms with van der Waals surface area (Å²) in [6, 6.07) is 10.1. The minimum atomic E-state index is -0.752. The minimum Gasteiger partial charge on any atom is -0.337 e. The lowest BCUT2D eigenvalue weighted by molar-refractivity contribution is -0.119. The minimum absolute atomic E-state index is 0.0598. The standard InChI is InChI=1S/C25H26N4O2S2/c1-16-8-10-17(11-9-16)29-23(31)21-18-6-2-3-7-19(18)33-22(21)27-24(29)32-14-20(30)28-25(15-26)12-4-5-13-25/h8-11H,2-7,12-14H2,1H3,(H,28,30). The van der Waals surface area contributed by atoms with Crippen molar-refractivity contribution < 1.29 is 4.79 Å². The molecular weight excluding hydrogens is 452 g/mol. The predicted octanol–water partition coefficient (Wildman–Crippen LogP) is 4.68. The first-order chi connectivity index (χ1) is 16.0. The van der Waals surface area contributed by atoms with E-state index in [2.05, 4.69) is 11.4 Å². The summed E-state index contributed by atoms with van der Waals surface area (Å²) in [4.78, 5) is 33.4. The van der Waals surface area contributed by atoms with Crippen molar-refractivity contribution in [2.45, 2.75) is 69.0 Å². The van der Waals surface area contributed by atoms with E-state index in [0.29, 0.717) is 18.0 Å². The van der Waals surface area contributed by atoms with Gasteiger partial charge in [0.1, 0.15) is 10.4 Å². The van der Waals surface area contributed by atoms with Crippen LogP contribution >= 0.6 is 23.1 Å². The van der Waals surface area contributed by atoms with Crippen LogP contribution in [0.15, 0.2) is 34.2 Å². The summed E-state index contributed by atoms with van der Waals surface area (Å²) in [7, 11) is 0. The van der Waals surface area contributed by atoms with Gasteiger partial charge in [-0.2, -0.15) is 5.26 Å². The highest BCUT2D eigenvalue weighted by Crippen LogP contribution is 2.35. The molecule has 1 amide bonds. The summed E-state index contributed by atoms with van der Waals surface area (Å²) in [5, 5.41) is 13.8. The first kappa shape index (κ1) is 22.2. The van der Waals surface area contributed by atoms with Crippen molar-refractivity contribution in [3.05, 3.63) is 50.6 Å². The third-order valence-electron chi connectivity index (χ3n) is 6.63. The lowest BCUT2D eigenvalue weighted by atomic mass is 9.97. The number of rotatable bonds is 5. The molecule has 2 heterocycles. The van der Waals surface area contributed by atoms with Crippen LogP contribution in [0, 0.1) is 18.3 Å². The number of aryl methyl sites for hydroxylation is 3. The van der Waals surface area contributed by atoms with Crippen molar-refractivity contribution in [2.75, 3.05) is 5.75 Å². The molecule has 1 fully saturated rings. The Morgan fingerprint density at radius 3 is 2.67 bits per heavy atom. The third kappa shape index (κ3) is 4.20. The molecule has 0 atom stereocenters. The first-order valence-electron chi connectivity index (χ1n) is 11.5. The van der Waals surface area contributed by atoms with Crippen LogP contribution in [-0.2, 0) is 17.6 Å². The van der Waals surface area contributed by atoms with E-state index in [1.807, 2.05) is 31.2 Å². The van der Waals surface area contributed by atoms with E-state index < -0.39 is 5.54 Å². The van der Waals surface area contributed by atoms with Crippen LogP contribution in [0.4, 0.5) is 0 Å². The number of hydrogen-bond acceptors (Lipinski definition) is 6. The lowest BCUT2D eigenvalue weighted by Gasteiger charge is -2.22. The van der Waals surface area contributed by atoms with E-state index in [9.17, 15) is 14.9 Å². The van der Waals surface area contributed by atoms with Gasteiger partial charge in [-0.1, -0.05) is 29.5 Å². The van der Waals surface area contributed by atoms with Crippen molar-refractivity contribution in [2.24, 2.45) is 0 Å². The molecule has 0 unspecified atom stereocenters. The Bertz CT molecular complexity index is 1310. The Hall–Kier alpha value is -2.63. The Morgan fingerprint density at radius 2 is 1.94 bits per heavy atom. The topological polar surface area (TPSA) is 87.8 Å². The molecule has 5 rings (SSSR count). The molecule has 0 spiro atoms. The second-order valence-electron chi connectivity index (χ2n) is 9.00. The monoisotopic (exact) mass is 478 g/mol. The Labute approximate surface area is 201 Å². The quantitative estimate of drug-likeness (QED) is 0.425. The predicted molar refractivity (Wildman–Crippen MR) is 132 cm³/mol. The SMILES string of the molecule is Cc1ccc(-n2c(SCC(=O)NC3(C#N)CCCC3)nc3sc4c(c3c2=O)CCCC4)cc1. The van der Waals surface area contributed by atoms with Crippen LogP contribution in [0.2, 0.25) is 0 Å². The molecule has 1 N–H and O–H groups in total. The number of nitrogens with one attached hydrogen (secondary N) is 1. The number of thiophene rings is 1. The zero-order chi connectivity index (χ0) is 23.0. The molecule has 33 heavy (non-hydrogen) atoms. The van der Waals surface area contributed by atoms with Crippen LogP contribution < -0.4 is 10.9 Å². The number of aromatic nitrogens is 2. The van der Waals surface area contributed by atoms with Crippen LogP contribution in [0.3, 0.4) is 0 Å². The summed E-state index contributed by atoms with van der Waals surface area (Å²) in [6.07, 6.45) is 7.46. The number of nitrogens with zero attached hydrogens (tertiary/aromatic N) is 3. The number of carbonyl (C=O) groups excluding carboxylic acids is 1.